The maximum atomic E-state index is 13.5. The highest BCUT2D eigenvalue weighted by Crippen LogP contribution is 2.27. The van der Waals surface area contributed by atoms with Gasteiger partial charge in [0, 0.05) is 6.07 Å². The number of hydrogen-bond donors (Lipinski definition) is 1. The highest BCUT2D eigenvalue weighted by atomic mass is 79.9. The van der Waals surface area contributed by atoms with Crippen LogP contribution in [0, 0.1) is 11.6 Å². The first-order valence-corrected chi connectivity index (χ1v) is 5.50. The van der Waals surface area contributed by atoms with Crippen molar-refractivity contribution in [2.24, 2.45) is 0 Å². The summed E-state index contributed by atoms with van der Waals surface area (Å²) in [6, 6.07) is 1.81. The zero-order valence-corrected chi connectivity index (χ0v) is 10.1. The average Bonchev–Trinajstić information content (AvgIpc) is 2.27. The third kappa shape index (κ3) is 2.28. The molecule has 0 bridgehead atoms. The lowest BCUT2D eigenvalue weighted by Gasteiger charge is -2.27. The average molecular weight is 305 g/mol. The minimum Gasteiger partial charge on any atom is -0.345 e. The van der Waals surface area contributed by atoms with E-state index in [0.29, 0.717) is 6.07 Å². The highest BCUT2D eigenvalue weighted by Gasteiger charge is 2.27. The zero-order chi connectivity index (χ0) is 12.6. The van der Waals surface area contributed by atoms with E-state index >= 15 is 0 Å². The van der Waals surface area contributed by atoms with E-state index in [4.69, 9.17) is 0 Å². The topological polar surface area (TPSA) is 49.4 Å². The predicted octanol–water partition coefficient (Wildman–Crippen LogP) is 1.19. The molecule has 90 valence electrons. The van der Waals surface area contributed by atoms with Crippen LogP contribution in [0.4, 0.5) is 14.5 Å². The third-order valence-corrected chi connectivity index (χ3v) is 2.93. The molecule has 7 heteroatoms. The van der Waals surface area contributed by atoms with Gasteiger partial charge in [0.05, 0.1) is 16.7 Å². The summed E-state index contributed by atoms with van der Waals surface area (Å²) in [6.45, 7) is -0.457. The SMILES string of the molecule is O=C1CN(c2cc(Br)c(F)cc2F)C(=O)CN1. The Kier molecular flexibility index (Phi) is 3.10. The molecule has 0 unspecified atom stereocenters. The van der Waals surface area contributed by atoms with Crippen LogP contribution in [0.25, 0.3) is 0 Å². The minimum absolute atomic E-state index is 0.0349. The molecule has 0 saturated carbocycles. The predicted molar refractivity (Wildman–Crippen MR) is 59.4 cm³/mol. The summed E-state index contributed by atoms with van der Waals surface area (Å²) in [4.78, 5) is 23.7. The highest BCUT2D eigenvalue weighted by molar-refractivity contribution is 9.10. The first kappa shape index (κ1) is 12.0. The van der Waals surface area contributed by atoms with Gasteiger partial charge >= 0.3 is 0 Å². The van der Waals surface area contributed by atoms with Gasteiger partial charge in [-0.15, -0.1) is 0 Å². The molecule has 2 amide bonds. The quantitative estimate of drug-likeness (QED) is 0.792. The van der Waals surface area contributed by atoms with E-state index in [9.17, 15) is 18.4 Å². The molecule has 0 aromatic heterocycles. The maximum Gasteiger partial charge on any atom is 0.246 e. The van der Waals surface area contributed by atoms with E-state index in [1.807, 2.05) is 0 Å². The summed E-state index contributed by atoms with van der Waals surface area (Å²) in [5.41, 5.74) is -0.113. The van der Waals surface area contributed by atoms with Crippen molar-refractivity contribution >= 4 is 33.4 Å². The maximum absolute atomic E-state index is 13.5. The van der Waals surface area contributed by atoms with E-state index in [-0.39, 0.29) is 29.2 Å². The van der Waals surface area contributed by atoms with Gasteiger partial charge in [-0.3, -0.25) is 14.5 Å². The van der Waals surface area contributed by atoms with E-state index in [1.165, 1.54) is 0 Å². The van der Waals surface area contributed by atoms with E-state index < -0.39 is 17.5 Å². The van der Waals surface area contributed by atoms with Crippen LogP contribution in [-0.2, 0) is 9.59 Å². The minimum atomic E-state index is -0.881. The molecule has 0 atom stereocenters. The molecule has 1 aromatic carbocycles. The molecular weight excluding hydrogens is 298 g/mol. The largest absolute Gasteiger partial charge is 0.345 e. The second kappa shape index (κ2) is 4.40. The van der Waals surface area contributed by atoms with Gasteiger partial charge in [-0.1, -0.05) is 0 Å². The van der Waals surface area contributed by atoms with Crippen molar-refractivity contribution in [2.45, 2.75) is 0 Å². The van der Waals surface area contributed by atoms with Gasteiger partial charge in [0.25, 0.3) is 0 Å². The van der Waals surface area contributed by atoms with Gasteiger partial charge in [-0.05, 0) is 22.0 Å². The smallest absolute Gasteiger partial charge is 0.246 e. The normalized spacial score (nSPS) is 16.1. The zero-order valence-electron chi connectivity index (χ0n) is 8.47. The molecule has 0 spiro atoms. The van der Waals surface area contributed by atoms with Crippen molar-refractivity contribution < 1.29 is 18.4 Å². The van der Waals surface area contributed by atoms with Crippen molar-refractivity contribution in [3.05, 3.63) is 28.2 Å². The van der Waals surface area contributed by atoms with Crippen LogP contribution in [0.5, 0.6) is 0 Å². The number of halogens is 3. The Morgan fingerprint density at radius 1 is 1.24 bits per heavy atom. The van der Waals surface area contributed by atoms with Gasteiger partial charge in [-0.2, -0.15) is 0 Å². The Bertz CT molecular complexity index is 507. The summed E-state index contributed by atoms with van der Waals surface area (Å²) in [5.74, 6) is -2.47. The van der Waals surface area contributed by atoms with Crippen molar-refractivity contribution in [2.75, 3.05) is 18.0 Å². The van der Waals surface area contributed by atoms with Gasteiger partial charge in [0.1, 0.15) is 18.2 Å². The fourth-order valence-corrected chi connectivity index (χ4v) is 1.83. The van der Waals surface area contributed by atoms with Crippen molar-refractivity contribution in [3.63, 3.8) is 0 Å². The number of nitrogens with zero attached hydrogens (tertiary/aromatic N) is 1. The number of carbonyl (C=O) groups excluding carboxylic acids is 2. The van der Waals surface area contributed by atoms with E-state index in [0.717, 1.165) is 11.0 Å². The van der Waals surface area contributed by atoms with Gasteiger partial charge < -0.3 is 5.32 Å². The summed E-state index contributed by atoms with van der Waals surface area (Å²) in [6.07, 6.45) is 0. The van der Waals surface area contributed by atoms with Gasteiger partial charge in [-0.25, -0.2) is 8.78 Å². The first-order chi connectivity index (χ1) is 7.99. The number of rotatable bonds is 1. The second-order valence-electron chi connectivity index (χ2n) is 3.47. The van der Waals surface area contributed by atoms with Crippen LogP contribution in [0.3, 0.4) is 0 Å². The number of hydrogen-bond acceptors (Lipinski definition) is 2. The van der Waals surface area contributed by atoms with E-state index in [2.05, 4.69) is 21.2 Å². The monoisotopic (exact) mass is 304 g/mol. The molecule has 1 N–H and O–H groups in total. The fourth-order valence-electron chi connectivity index (χ4n) is 1.50. The number of carbonyl (C=O) groups is 2. The Labute approximate surface area is 104 Å². The number of nitrogens with one attached hydrogen (secondary N) is 1. The molecule has 4 nitrogen and oxygen atoms in total. The van der Waals surface area contributed by atoms with Crippen LogP contribution < -0.4 is 10.2 Å². The molecule has 17 heavy (non-hydrogen) atoms. The molecule has 2 rings (SSSR count). The van der Waals surface area contributed by atoms with Crippen molar-refractivity contribution in [1.29, 1.82) is 0 Å². The van der Waals surface area contributed by atoms with Crippen LogP contribution in [-0.4, -0.2) is 24.9 Å². The molecule has 1 saturated heterocycles. The Hall–Kier alpha value is -1.50. The lowest BCUT2D eigenvalue weighted by Crippen LogP contribution is -2.52. The Morgan fingerprint density at radius 3 is 2.65 bits per heavy atom. The summed E-state index contributed by atoms with van der Waals surface area (Å²) >= 11 is 2.90. The number of benzene rings is 1. The second-order valence-corrected chi connectivity index (χ2v) is 4.33. The molecule has 1 aliphatic heterocycles. The van der Waals surface area contributed by atoms with Crippen LogP contribution in [0.1, 0.15) is 0 Å². The summed E-state index contributed by atoms with van der Waals surface area (Å²) < 4.78 is 26.6. The van der Waals surface area contributed by atoms with Crippen molar-refractivity contribution in [1.82, 2.24) is 5.32 Å². The van der Waals surface area contributed by atoms with Gasteiger partial charge in [0.15, 0.2) is 0 Å². The Balaban J connectivity index is 2.42. The molecular formula is C10H7BrF2N2O2. The summed E-state index contributed by atoms with van der Waals surface area (Å²) in [5, 5.41) is 2.34. The molecule has 1 aliphatic rings. The number of anilines is 1. The molecule has 0 aliphatic carbocycles. The van der Waals surface area contributed by atoms with E-state index in [1.54, 1.807) is 0 Å². The standard InChI is InChI=1S/C10H7BrF2N2O2/c11-5-1-8(7(13)2-6(5)12)15-4-9(16)14-3-10(15)17/h1-2H,3-4H2,(H,14,16). The van der Waals surface area contributed by atoms with Crippen LogP contribution >= 0.6 is 15.9 Å². The van der Waals surface area contributed by atoms with Crippen LogP contribution in [0.2, 0.25) is 0 Å². The number of amides is 2. The first-order valence-electron chi connectivity index (χ1n) is 4.70. The van der Waals surface area contributed by atoms with Crippen molar-refractivity contribution in [3.8, 4) is 0 Å². The molecule has 1 heterocycles. The lowest BCUT2D eigenvalue weighted by atomic mass is 10.2. The molecule has 1 aromatic rings. The number of piperazine rings is 1. The summed E-state index contributed by atoms with van der Waals surface area (Å²) in [7, 11) is 0. The third-order valence-electron chi connectivity index (χ3n) is 2.32. The van der Waals surface area contributed by atoms with Gasteiger partial charge in [0.2, 0.25) is 11.8 Å². The van der Waals surface area contributed by atoms with Crippen LogP contribution in [0.15, 0.2) is 16.6 Å². The Morgan fingerprint density at radius 2 is 1.94 bits per heavy atom. The molecule has 1 fully saturated rings. The molecule has 0 radical (unpaired) electrons. The fraction of sp³-hybridized carbons (Fsp3) is 0.200. The lowest BCUT2D eigenvalue weighted by molar-refractivity contribution is -0.128.